The molecule has 1 unspecified atom stereocenters. The number of carboxylic acids is 1. The number of likely N-dealkylation sites (tertiary alicyclic amines) is 1. The molecule has 2 rings (SSSR count). The standard InChI is InChI=1S/C12H12BrClN2O3/c1-12(11(18)19)3-2-4-16(12)10(17)8-5-7(13)6-15-9(8)14/h5-6H,2-4H2,1H3,(H,18,19). The molecule has 2 heterocycles. The fourth-order valence-electron chi connectivity index (χ4n) is 2.23. The van der Waals surface area contributed by atoms with E-state index in [9.17, 15) is 14.7 Å². The summed E-state index contributed by atoms with van der Waals surface area (Å²) in [6, 6.07) is 1.55. The lowest BCUT2D eigenvalue weighted by atomic mass is 9.99. The molecule has 0 radical (unpaired) electrons. The van der Waals surface area contributed by atoms with Crippen molar-refractivity contribution in [2.24, 2.45) is 0 Å². The molecule has 7 heteroatoms. The van der Waals surface area contributed by atoms with Crippen LogP contribution in [0.5, 0.6) is 0 Å². The molecule has 1 N–H and O–H groups in total. The van der Waals surface area contributed by atoms with E-state index in [0.29, 0.717) is 23.9 Å². The van der Waals surface area contributed by atoms with Gasteiger partial charge in [-0.15, -0.1) is 0 Å². The van der Waals surface area contributed by atoms with Crippen LogP contribution in [0.1, 0.15) is 30.1 Å². The number of hydrogen-bond donors (Lipinski definition) is 1. The largest absolute Gasteiger partial charge is 0.480 e. The van der Waals surface area contributed by atoms with Crippen LogP contribution in [0, 0.1) is 0 Å². The van der Waals surface area contributed by atoms with Crippen LogP contribution in [-0.4, -0.2) is 39.0 Å². The highest BCUT2D eigenvalue weighted by atomic mass is 79.9. The van der Waals surface area contributed by atoms with Crippen LogP contribution in [0.25, 0.3) is 0 Å². The first-order valence-corrected chi connectivity index (χ1v) is 6.90. The summed E-state index contributed by atoms with van der Waals surface area (Å²) in [5.41, 5.74) is -0.964. The first-order chi connectivity index (χ1) is 8.86. The number of aromatic nitrogens is 1. The number of rotatable bonds is 2. The average Bonchev–Trinajstić information content (AvgIpc) is 2.75. The van der Waals surface area contributed by atoms with E-state index in [1.165, 1.54) is 11.1 Å². The van der Waals surface area contributed by atoms with Gasteiger partial charge in [0.1, 0.15) is 10.7 Å². The zero-order valence-corrected chi connectivity index (χ0v) is 12.5. The summed E-state index contributed by atoms with van der Waals surface area (Å²) in [4.78, 5) is 29.1. The molecule has 1 aliphatic rings. The number of pyridine rings is 1. The van der Waals surface area contributed by atoms with Crippen molar-refractivity contribution in [3.63, 3.8) is 0 Å². The number of aliphatic carboxylic acids is 1. The molecule has 1 amide bonds. The fourth-order valence-corrected chi connectivity index (χ4v) is 2.74. The lowest BCUT2D eigenvalue weighted by Crippen LogP contribution is -2.50. The minimum absolute atomic E-state index is 0.0767. The number of carboxylic acid groups (broad SMARTS) is 1. The normalized spacial score (nSPS) is 22.6. The third-order valence-electron chi connectivity index (χ3n) is 3.38. The number of carbonyl (C=O) groups is 2. The van der Waals surface area contributed by atoms with Gasteiger partial charge >= 0.3 is 5.97 Å². The van der Waals surface area contributed by atoms with Gasteiger partial charge < -0.3 is 10.0 Å². The zero-order chi connectivity index (χ0) is 14.2. The van der Waals surface area contributed by atoms with E-state index in [1.54, 1.807) is 13.0 Å². The third-order valence-corrected chi connectivity index (χ3v) is 4.12. The smallest absolute Gasteiger partial charge is 0.329 e. The van der Waals surface area contributed by atoms with E-state index in [1.807, 2.05) is 0 Å². The Morgan fingerprint density at radius 3 is 2.89 bits per heavy atom. The van der Waals surface area contributed by atoms with Crippen molar-refractivity contribution in [2.75, 3.05) is 6.54 Å². The van der Waals surface area contributed by atoms with Crippen LogP contribution in [-0.2, 0) is 4.79 Å². The first kappa shape index (κ1) is 14.3. The SMILES string of the molecule is CC1(C(=O)O)CCCN1C(=O)c1cc(Br)cnc1Cl. The minimum Gasteiger partial charge on any atom is -0.480 e. The highest BCUT2D eigenvalue weighted by Crippen LogP contribution is 2.32. The zero-order valence-electron chi connectivity index (χ0n) is 10.2. The van der Waals surface area contributed by atoms with Crippen molar-refractivity contribution in [3.05, 3.63) is 27.5 Å². The molecule has 0 saturated carbocycles. The number of amides is 1. The van der Waals surface area contributed by atoms with Crippen molar-refractivity contribution < 1.29 is 14.7 Å². The Kier molecular flexibility index (Phi) is 3.82. The van der Waals surface area contributed by atoms with Crippen molar-refractivity contribution >= 4 is 39.4 Å². The Balaban J connectivity index is 2.39. The van der Waals surface area contributed by atoms with Crippen LogP contribution >= 0.6 is 27.5 Å². The van der Waals surface area contributed by atoms with Gasteiger partial charge in [0.25, 0.3) is 5.91 Å². The topological polar surface area (TPSA) is 70.5 Å². The molecule has 1 saturated heterocycles. The van der Waals surface area contributed by atoms with Crippen molar-refractivity contribution in [1.29, 1.82) is 0 Å². The molecule has 1 aliphatic heterocycles. The van der Waals surface area contributed by atoms with Gasteiger partial charge in [0.05, 0.1) is 5.56 Å². The second kappa shape index (κ2) is 5.09. The van der Waals surface area contributed by atoms with E-state index in [4.69, 9.17) is 11.6 Å². The van der Waals surface area contributed by atoms with E-state index in [-0.39, 0.29) is 10.7 Å². The Bertz CT molecular complexity index is 552. The lowest BCUT2D eigenvalue weighted by Gasteiger charge is -2.31. The molecular weight excluding hydrogens is 336 g/mol. The Hall–Kier alpha value is -1.14. The maximum absolute atomic E-state index is 12.5. The van der Waals surface area contributed by atoms with Crippen LogP contribution in [0.2, 0.25) is 5.15 Å². The molecule has 1 aromatic heterocycles. The Morgan fingerprint density at radius 1 is 1.58 bits per heavy atom. The second-order valence-corrected chi connectivity index (χ2v) is 5.90. The summed E-state index contributed by atoms with van der Waals surface area (Å²) in [6.45, 7) is 1.96. The molecule has 102 valence electrons. The molecule has 1 atom stereocenters. The highest BCUT2D eigenvalue weighted by molar-refractivity contribution is 9.10. The van der Waals surface area contributed by atoms with E-state index < -0.39 is 17.4 Å². The second-order valence-electron chi connectivity index (χ2n) is 4.63. The van der Waals surface area contributed by atoms with Gasteiger partial charge in [-0.3, -0.25) is 4.79 Å². The van der Waals surface area contributed by atoms with Crippen molar-refractivity contribution in [2.45, 2.75) is 25.3 Å². The van der Waals surface area contributed by atoms with Gasteiger partial charge in [-0.05, 0) is 41.8 Å². The maximum Gasteiger partial charge on any atom is 0.329 e. The summed E-state index contributed by atoms with van der Waals surface area (Å²) in [5, 5.41) is 9.39. The maximum atomic E-state index is 12.5. The minimum atomic E-state index is -1.18. The lowest BCUT2D eigenvalue weighted by molar-refractivity contribution is -0.147. The molecule has 1 fully saturated rings. The first-order valence-electron chi connectivity index (χ1n) is 5.72. The van der Waals surface area contributed by atoms with E-state index >= 15 is 0 Å². The highest BCUT2D eigenvalue weighted by Gasteiger charge is 2.46. The van der Waals surface area contributed by atoms with Gasteiger partial charge in [0.15, 0.2) is 0 Å². The number of nitrogens with zero attached hydrogens (tertiary/aromatic N) is 2. The van der Waals surface area contributed by atoms with Crippen LogP contribution in [0.4, 0.5) is 0 Å². The molecule has 5 nitrogen and oxygen atoms in total. The fraction of sp³-hybridized carbons (Fsp3) is 0.417. The molecule has 19 heavy (non-hydrogen) atoms. The molecule has 0 aromatic carbocycles. The molecule has 0 spiro atoms. The summed E-state index contributed by atoms with van der Waals surface area (Å²) in [7, 11) is 0. The molecule has 0 aliphatic carbocycles. The van der Waals surface area contributed by atoms with E-state index in [0.717, 1.165) is 0 Å². The predicted octanol–water partition coefficient (Wildman–Crippen LogP) is 2.58. The predicted molar refractivity (Wildman–Crippen MR) is 73.3 cm³/mol. The number of hydrogen-bond acceptors (Lipinski definition) is 3. The molecule has 0 bridgehead atoms. The molecular formula is C12H12BrClN2O3. The summed E-state index contributed by atoms with van der Waals surface area (Å²) in [5.74, 6) is -1.40. The number of halogens is 2. The Labute approximate surface area is 123 Å². The monoisotopic (exact) mass is 346 g/mol. The van der Waals surface area contributed by atoms with Gasteiger partial charge in [-0.25, -0.2) is 9.78 Å². The summed E-state index contributed by atoms with van der Waals surface area (Å²) >= 11 is 9.14. The van der Waals surface area contributed by atoms with Gasteiger partial charge in [-0.2, -0.15) is 0 Å². The molecule has 1 aromatic rings. The third kappa shape index (κ3) is 2.47. The van der Waals surface area contributed by atoms with Crippen LogP contribution in [0.3, 0.4) is 0 Å². The van der Waals surface area contributed by atoms with Gasteiger partial charge in [0.2, 0.25) is 0 Å². The summed E-state index contributed by atoms with van der Waals surface area (Å²) in [6.07, 6.45) is 2.58. The van der Waals surface area contributed by atoms with Crippen molar-refractivity contribution in [1.82, 2.24) is 9.88 Å². The number of carbonyl (C=O) groups excluding carboxylic acids is 1. The Morgan fingerprint density at radius 2 is 2.26 bits per heavy atom. The van der Waals surface area contributed by atoms with Gasteiger partial charge in [0, 0.05) is 17.2 Å². The summed E-state index contributed by atoms with van der Waals surface area (Å²) < 4.78 is 0.622. The van der Waals surface area contributed by atoms with Gasteiger partial charge in [-0.1, -0.05) is 11.6 Å². The van der Waals surface area contributed by atoms with Crippen molar-refractivity contribution in [3.8, 4) is 0 Å². The van der Waals surface area contributed by atoms with Crippen LogP contribution in [0.15, 0.2) is 16.7 Å². The van der Waals surface area contributed by atoms with E-state index in [2.05, 4.69) is 20.9 Å². The quantitative estimate of drug-likeness (QED) is 0.835. The van der Waals surface area contributed by atoms with Crippen LogP contribution < -0.4 is 0 Å². The average molecular weight is 348 g/mol.